The lowest BCUT2D eigenvalue weighted by Crippen LogP contribution is -2.35. The number of thiophene rings is 1. The van der Waals surface area contributed by atoms with E-state index in [1.807, 2.05) is 17.5 Å². The third kappa shape index (κ3) is 4.65. The van der Waals surface area contributed by atoms with Crippen LogP contribution in [0.2, 0.25) is 0 Å². The van der Waals surface area contributed by atoms with Gasteiger partial charge in [0.05, 0.1) is 11.1 Å². The van der Waals surface area contributed by atoms with Crippen molar-refractivity contribution < 1.29 is 4.79 Å². The molecule has 0 radical (unpaired) electrons. The highest BCUT2D eigenvalue weighted by atomic mass is 32.1. The minimum absolute atomic E-state index is 0.00405. The van der Waals surface area contributed by atoms with Crippen LogP contribution in [0.3, 0.4) is 0 Å². The number of nitrogens with one attached hydrogen (secondary N) is 1. The first kappa shape index (κ1) is 17.6. The van der Waals surface area contributed by atoms with Crippen LogP contribution < -0.4 is 5.32 Å². The fourth-order valence-corrected chi connectivity index (χ4v) is 4.85. The van der Waals surface area contributed by atoms with Gasteiger partial charge in [0.25, 0.3) is 5.91 Å². The maximum atomic E-state index is 12.2. The molecule has 1 N–H and O–H groups in total. The normalized spacial score (nSPS) is 15.8. The van der Waals surface area contributed by atoms with Crippen LogP contribution in [0, 0.1) is 0 Å². The monoisotopic (exact) mass is 363 g/mol. The van der Waals surface area contributed by atoms with Crippen LogP contribution in [0.5, 0.6) is 0 Å². The quantitative estimate of drug-likeness (QED) is 0.748. The Bertz CT molecular complexity index is 632. The van der Waals surface area contributed by atoms with E-state index < -0.39 is 0 Å². The van der Waals surface area contributed by atoms with Gasteiger partial charge >= 0.3 is 0 Å². The number of hydrogen-bond acceptors (Lipinski definition) is 5. The van der Waals surface area contributed by atoms with Crippen LogP contribution in [0.4, 0.5) is 0 Å². The molecule has 0 bridgehead atoms. The summed E-state index contributed by atoms with van der Waals surface area (Å²) in [5.74, 6) is -0.00405. The zero-order chi connectivity index (χ0) is 16.8. The number of nitrogens with zero attached hydrogens (tertiary/aromatic N) is 2. The minimum atomic E-state index is -0.00405. The molecule has 4 nitrogen and oxygen atoms in total. The predicted octanol–water partition coefficient (Wildman–Crippen LogP) is 4.26. The minimum Gasteiger partial charge on any atom is -0.351 e. The molecule has 130 valence electrons. The molecule has 0 aromatic carbocycles. The first-order valence-electron chi connectivity index (χ1n) is 8.72. The van der Waals surface area contributed by atoms with Gasteiger partial charge < -0.3 is 10.2 Å². The second kappa shape index (κ2) is 8.74. The van der Waals surface area contributed by atoms with E-state index in [9.17, 15) is 4.79 Å². The molecule has 1 aliphatic rings. The summed E-state index contributed by atoms with van der Waals surface area (Å²) >= 11 is 3.11. The highest BCUT2D eigenvalue weighted by Crippen LogP contribution is 2.28. The van der Waals surface area contributed by atoms with Crippen molar-refractivity contribution in [3.63, 3.8) is 0 Å². The first-order chi connectivity index (χ1) is 11.7. The lowest BCUT2D eigenvalue weighted by molar-refractivity contribution is 0.0954. The van der Waals surface area contributed by atoms with Crippen molar-refractivity contribution in [1.82, 2.24) is 15.2 Å². The van der Waals surface area contributed by atoms with Crippen molar-refractivity contribution in [2.24, 2.45) is 0 Å². The molecule has 2 aromatic heterocycles. The third-order valence-electron chi connectivity index (χ3n) is 4.63. The zero-order valence-corrected chi connectivity index (χ0v) is 15.8. The van der Waals surface area contributed by atoms with Crippen molar-refractivity contribution in [2.75, 3.05) is 20.1 Å². The highest BCUT2D eigenvalue weighted by molar-refractivity contribution is 7.21. The van der Waals surface area contributed by atoms with Gasteiger partial charge in [0.2, 0.25) is 0 Å². The first-order valence-corrected chi connectivity index (χ1v) is 10.4. The van der Waals surface area contributed by atoms with E-state index in [0.29, 0.717) is 4.88 Å². The maximum Gasteiger partial charge on any atom is 0.263 e. The Kier molecular flexibility index (Phi) is 6.40. The SMILES string of the molecule is CN(CCCNC(=O)c1cnc(-c2cccs2)s1)C1CCCCC1. The van der Waals surface area contributed by atoms with Gasteiger partial charge in [-0.05, 0) is 44.3 Å². The van der Waals surface area contributed by atoms with Crippen LogP contribution in [-0.4, -0.2) is 42.0 Å². The molecular formula is C18H25N3OS2. The van der Waals surface area contributed by atoms with Crippen molar-refractivity contribution in [3.05, 3.63) is 28.6 Å². The summed E-state index contributed by atoms with van der Waals surface area (Å²) in [7, 11) is 2.22. The Hall–Kier alpha value is -1.24. The molecule has 0 unspecified atom stereocenters. The van der Waals surface area contributed by atoms with Gasteiger partial charge in [-0.25, -0.2) is 4.98 Å². The van der Waals surface area contributed by atoms with Gasteiger partial charge in [0.15, 0.2) is 0 Å². The van der Waals surface area contributed by atoms with E-state index in [-0.39, 0.29) is 5.91 Å². The van der Waals surface area contributed by atoms with Gasteiger partial charge in [0.1, 0.15) is 9.88 Å². The second-order valence-corrected chi connectivity index (χ2v) is 8.37. The van der Waals surface area contributed by atoms with Crippen molar-refractivity contribution in [2.45, 2.75) is 44.6 Å². The van der Waals surface area contributed by atoms with Crippen LogP contribution >= 0.6 is 22.7 Å². The Morgan fingerprint density at radius 2 is 2.21 bits per heavy atom. The Balaban J connectivity index is 1.39. The molecule has 2 heterocycles. The topological polar surface area (TPSA) is 45.2 Å². The average molecular weight is 364 g/mol. The largest absolute Gasteiger partial charge is 0.351 e. The highest BCUT2D eigenvalue weighted by Gasteiger charge is 2.17. The molecule has 24 heavy (non-hydrogen) atoms. The fraction of sp³-hybridized carbons (Fsp3) is 0.556. The van der Waals surface area contributed by atoms with Crippen LogP contribution in [0.25, 0.3) is 9.88 Å². The maximum absolute atomic E-state index is 12.2. The number of thiazole rings is 1. The summed E-state index contributed by atoms with van der Waals surface area (Å²) in [4.78, 5) is 20.9. The average Bonchev–Trinajstić information content (AvgIpc) is 3.30. The molecule has 2 aromatic rings. The number of carbonyl (C=O) groups is 1. The number of rotatable bonds is 7. The summed E-state index contributed by atoms with van der Waals surface area (Å²) in [6, 6.07) is 4.78. The number of aromatic nitrogens is 1. The Labute approximate surface area is 151 Å². The Morgan fingerprint density at radius 1 is 1.38 bits per heavy atom. The molecule has 1 amide bonds. The van der Waals surface area contributed by atoms with Crippen LogP contribution in [-0.2, 0) is 0 Å². The zero-order valence-electron chi connectivity index (χ0n) is 14.2. The van der Waals surface area contributed by atoms with Gasteiger partial charge in [-0.1, -0.05) is 25.3 Å². The summed E-state index contributed by atoms with van der Waals surface area (Å²) in [6.45, 7) is 1.77. The van der Waals surface area contributed by atoms with Crippen molar-refractivity contribution >= 4 is 28.6 Å². The van der Waals surface area contributed by atoms with E-state index in [2.05, 4.69) is 22.2 Å². The van der Waals surface area contributed by atoms with Crippen molar-refractivity contribution in [1.29, 1.82) is 0 Å². The van der Waals surface area contributed by atoms with Crippen LogP contribution in [0.1, 0.15) is 48.2 Å². The number of carbonyl (C=O) groups excluding carboxylic acids is 1. The molecule has 0 spiro atoms. The third-order valence-corrected chi connectivity index (χ3v) is 6.67. The summed E-state index contributed by atoms with van der Waals surface area (Å²) < 4.78 is 0. The van der Waals surface area contributed by atoms with Gasteiger partial charge in [0, 0.05) is 12.6 Å². The van der Waals surface area contributed by atoms with E-state index in [1.54, 1.807) is 17.5 Å². The molecule has 0 aliphatic heterocycles. The second-order valence-electron chi connectivity index (χ2n) is 6.39. The van der Waals surface area contributed by atoms with E-state index in [1.165, 1.54) is 43.4 Å². The lowest BCUT2D eigenvalue weighted by Gasteiger charge is -2.31. The van der Waals surface area contributed by atoms with E-state index in [0.717, 1.165) is 35.4 Å². The van der Waals surface area contributed by atoms with Crippen molar-refractivity contribution in [3.8, 4) is 9.88 Å². The lowest BCUT2D eigenvalue weighted by atomic mass is 9.94. The number of amides is 1. The molecule has 1 aliphatic carbocycles. The molecule has 0 atom stereocenters. The molecule has 0 saturated heterocycles. The summed E-state index contributed by atoms with van der Waals surface area (Å²) in [5.41, 5.74) is 0. The molecule has 1 saturated carbocycles. The summed E-state index contributed by atoms with van der Waals surface area (Å²) in [5, 5.41) is 5.97. The smallest absolute Gasteiger partial charge is 0.263 e. The fourth-order valence-electron chi connectivity index (χ4n) is 3.22. The van der Waals surface area contributed by atoms with E-state index in [4.69, 9.17) is 0 Å². The van der Waals surface area contributed by atoms with Gasteiger partial charge in [-0.2, -0.15) is 0 Å². The standard InChI is InChI=1S/C18H25N3OS2/c1-21(14-7-3-2-4-8-14)11-6-10-19-17(22)16-13-20-18(24-16)15-9-5-12-23-15/h5,9,12-14H,2-4,6-8,10-11H2,1H3,(H,19,22). The van der Waals surface area contributed by atoms with Gasteiger partial charge in [-0.3, -0.25) is 4.79 Å². The number of hydrogen-bond donors (Lipinski definition) is 1. The molecular weight excluding hydrogens is 338 g/mol. The predicted molar refractivity (Wildman–Crippen MR) is 102 cm³/mol. The molecule has 3 rings (SSSR count). The van der Waals surface area contributed by atoms with Crippen LogP contribution in [0.15, 0.2) is 23.7 Å². The Morgan fingerprint density at radius 3 is 2.96 bits per heavy atom. The summed E-state index contributed by atoms with van der Waals surface area (Å²) in [6.07, 6.45) is 9.46. The molecule has 6 heteroatoms. The van der Waals surface area contributed by atoms with Gasteiger partial charge in [-0.15, -0.1) is 22.7 Å². The van der Waals surface area contributed by atoms with E-state index >= 15 is 0 Å². The molecule has 1 fully saturated rings.